The van der Waals surface area contributed by atoms with Crippen LogP contribution < -0.4 is 9.47 Å². The Morgan fingerprint density at radius 3 is 2.63 bits per heavy atom. The van der Waals surface area contributed by atoms with Gasteiger partial charge in [0.05, 0.1) is 19.8 Å². The first kappa shape index (κ1) is 21.0. The number of carboxylic acid groups (broad SMARTS) is 1. The van der Waals surface area contributed by atoms with E-state index in [4.69, 9.17) is 14.2 Å². The van der Waals surface area contributed by atoms with Crippen molar-refractivity contribution in [2.24, 2.45) is 5.41 Å². The van der Waals surface area contributed by atoms with Gasteiger partial charge in [0.15, 0.2) is 11.5 Å². The summed E-state index contributed by atoms with van der Waals surface area (Å²) in [5.74, 6) is -0.0112. The number of hydrogen-bond donors (Lipinski definition) is 1. The fourth-order valence-corrected chi connectivity index (χ4v) is 3.36. The molecule has 0 aromatic heterocycles. The van der Waals surface area contributed by atoms with Gasteiger partial charge in [-0.05, 0) is 44.4 Å². The molecule has 7 nitrogen and oxygen atoms in total. The van der Waals surface area contributed by atoms with Gasteiger partial charge in [0, 0.05) is 25.8 Å². The predicted octanol–water partition coefficient (Wildman–Crippen LogP) is 2.83. The second kappa shape index (κ2) is 9.60. The van der Waals surface area contributed by atoms with Crippen LogP contribution in [-0.2, 0) is 9.53 Å². The fraction of sp³-hybridized carbons (Fsp3) is 0.600. The fourth-order valence-electron chi connectivity index (χ4n) is 3.36. The SMILES string of the molecule is CCCOc1ccc(C(=O)N2CCCC(COC)(C(=O)O)C2)cc1OCC. The summed E-state index contributed by atoms with van der Waals surface area (Å²) in [6.45, 7) is 5.65. The summed E-state index contributed by atoms with van der Waals surface area (Å²) >= 11 is 0. The van der Waals surface area contributed by atoms with Gasteiger partial charge in [-0.2, -0.15) is 0 Å². The van der Waals surface area contributed by atoms with Gasteiger partial charge >= 0.3 is 5.97 Å². The monoisotopic (exact) mass is 379 g/mol. The molecule has 1 aromatic rings. The average molecular weight is 379 g/mol. The number of hydrogen-bond acceptors (Lipinski definition) is 5. The van der Waals surface area contributed by atoms with E-state index in [0.717, 1.165) is 6.42 Å². The minimum absolute atomic E-state index is 0.0834. The second-order valence-corrected chi connectivity index (χ2v) is 6.79. The molecule has 27 heavy (non-hydrogen) atoms. The van der Waals surface area contributed by atoms with Crippen LogP contribution in [0.5, 0.6) is 11.5 Å². The van der Waals surface area contributed by atoms with Crippen molar-refractivity contribution in [3.05, 3.63) is 23.8 Å². The third-order valence-electron chi connectivity index (χ3n) is 4.69. The highest BCUT2D eigenvalue weighted by Gasteiger charge is 2.44. The van der Waals surface area contributed by atoms with Crippen LogP contribution in [0.1, 0.15) is 43.5 Å². The number of carbonyl (C=O) groups is 2. The minimum atomic E-state index is -1.06. The van der Waals surface area contributed by atoms with E-state index in [1.165, 1.54) is 7.11 Å². The third-order valence-corrected chi connectivity index (χ3v) is 4.69. The van der Waals surface area contributed by atoms with Crippen LogP contribution in [-0.4, -0.2) is 61.9 Å². The summed E-state index contributed by atoms with van der Waals surface area (Å²) in [6, 6.07) is 5.10. The summed E-state index contributed by atoms with van der Waals surface area (Å²) in [5, 5.41) is 9.67. The number of piperidine rings is 1. The summed E-state index contributed by atoms with van der Waals surface area (Å²) in [6.07, 6.45) is 1.99. The van der Waals surface area contributed by atoms with Gasteiger partial charge in [0.1, 0.15) is 5.41 Å². The number of ether oxygens (including phenoxy) is 3. The Morgan fingerprint density at radius 1 is 1.22 bits per heavy atom. The Hall–Kier alpha value is -2.28. The molecular formula is C20H29NO6. The molecule has 1 fully saturated rings. The lowest BCUT2D eigenvalue weighted by atomic mass is 9.80. The molecule has 1 aromatic carbocycles. The minimum Gasteiger partial charge on any atom is -0.490 e. The topological polar surface area (TPSA) is 85.3 Å². The summed E-state index contributed by atoms with van der Waals surface area (Å²) in [7, 11) is 1.48. The highest BCUT2D eigenvalue weighted by Crippen LogP contribution is 2.33. The Balaban J connectivity index is 2.23. The lowest BCUT2D eigenvalue weighted by Gasteiger charge is -2.39. The molecule has 150 valence electrons. The molecule has 1 heterocycles. The van der Waals surface area contributed by atoms with Gasteiger partial charge < -0.3 is 24.2 Å². The van der Waals surface area contributed by atoms with Crippen molar-refractivity contribution < 1.29 is 28.9 Å². The van der Waals surface area contributed by atoms with Gasteiger partial charge in [0.25, 0.3) is 5.91 Å². The van der Waals surface area contributed by atoms with Crippen LogP contribution in [0.3, 0.4) is 0 Å². The van der Waals surface area contributed by atoms with Crippen molar-refractivity contribution in [2.45, 2.75) is 33.1 Å². The van der Waals surface area contributed by atoms with Gasteiger partial charge in [-0.1, -0.05) is 6.92 Å². The summed E-state index contributed by atoms with van der Waals surface area (Å²) in [4.78, 5) is 26.4. The lowest BCUT2D eigenvalue weighted by molar-refractivity contribution is -0.155. The van der Waals surface area contributed by atoms with Gasteiger partial charge in [-0.15, -0.1) is 0 Å². The molecule has 7 heteroatoms. The number of methoxy groups -OCH3 is 1. The number of aliphatic carboxylic acids is 1. The zero-order chi connectivity index (χ0) is 19.9. The van der Waals surface area contributed by atoms with E-state index in [1.807, 2.05) is 13.8 Å². The molecular weight excluding hydrogens is 350 g/mol. The third kappa shape index (κ3) is 4.91. The lowest BCUT2D eigenvalue weighted by Crippen LogP contribution is -2.52. The molecule has 1 N–H and O–H groups in total. The number of likely N-dealkylation sites (tertiary alicyclic amines) is 1. The Bertz CT molecular complexity index is 658. The normalized spacial score (nSPS) is 19.6. The zero-order valence-corrected chi connectivity index (χ0v) is 16.3. The number of rotatable bonds is 9. The van der Waals surface area contributed by atoms with E-state index < -0.39 is 11.4 Å². The molecule has 0 aliphatic carbocycles. The van der Waals surface area contributed by atoms with Crippen LogP contribution in [0.4, 0.5) is 0 Å². The first-order chi connectivity index (χ1) is 13.0. The van der Waals surface area contributed by atoms with Crippen molar-refractivity contribution in [2.75, 3.05) is 40.0 Å². The molecule has 1 saturated heterocycles. The highest BCUT2D eigenvalue weighted by atomic mass is 16.5. The maximum absolute atomic E-state index is 13.0. The Kier molecular flexibility index (Phi) is 7.47. The Labute approximate surface area is 160 Å². The molecule has 0 saturated carbocycles. The van der Waals surface area contributed by atoms with Crippen molar-refractivity contribution in [3.63, 3.8) is 0 Å². The van der Waals surface area contributed by atoms with E-state index in [0.29, 0.717) is 49.7 Å². The maximum atomic E-state index is 13.0. The number of carbonyl (C=O) groups excluding carboxylic acids is 1. The van der Waals surface area contributed by atoms with Crippen molar-refractivity contribution in [3.8, 4) is 11.5 Å². The van der Waals surface area contributed by atoms with Crippen LogP contribution in [0.25, 0.3) is 0 Å². The smallest absolute Gasteiger partial charge is 0.313 e. The number of benzene rings is 1. The first-order valence-electron chi connectivity index (χ1n) is 9.38. The molecule has 1 atom stereocenters. The summed E-state index contributed by atoms with van der Waals surface area (Å²) in [5.41, 5.74) is -0.601. The molecule has 0 bridgehead atoms. The zero-order valence-electron chi connectivity index (χ0n) is 16.3. The molecule has 1 unspecified atom stereocenters. The van der Waals surface area contributed by atoms with E-state index in [1.54, 1.807) is 23.1 Å². The number of nitrogens with zero attached hydrogens (tertiary/aromatic N) is 1. The molecule has 1 aliphatic rings. The number of carboxylic acids is 1. The molecule has 1 aliphatic heterocycles. The van der Waals surface area contributed by atoms with Crippen molar-refractivity contribution >= 4 is 11.9 Å². The van der Waals surface area contributed by atoms with Gasteiger partial charge in [0.2, 0.25) is 0 Å². The van der Waals surface area contributed by atoms with E-state index >= 15 is 0 Å². The predicted molar refractivity (Wildman–Crippen MR) is 100 cm³/mol. The first-order valence-corrected chi connectivity index (χ1v) is 9.38. The van der Waals surface area contributed by atoms with Crippen LogP contribution in [0.15, 0.2) is 18.2 Å². The Morgan fingerprint density at radius 2 is 2.00 bits per heavy atom. The van der Waals surface area contributed by atoms with E-state index in [9.17, 15) is 14.7 Å². The van der Waals surface area contributed by atoms with Crippen LogP contribution in [0, 0.1) is 5.41 Å². The maximum Gasteiger partial charge on any atom is 0.313 e. The molecule has 2 rings (SSSR count). The van der Waals surface area contributed by atoms with Gasteiger partial charge in [-0.25, -0.2) is 0 Å². The molecule has 1 amide bonds. The van der Waals surface area contributed by atoms with Gasteiger partial charge in [-0.3, -0.25) is 9.59 Å². The average Bonchev–Trinajstić information content (AvgIpc) is 2.67. The van der Waals surface area contributed by atoms with E-state index in [-0.39, 0.29) is 19.1 Å². The molecule has 0 spiro atoms. The number of amides is 1. The van der Waals surface area contributed by atoms with Crippen molar-refractivity contribution in [1.82, 2.24) is 4.90 Å². The second-order valence-electron chi connectivity index (χ2n) is 6.79. The van der Waals surface area contributed by atoms with Crippen LogP contribution >= 0.6 is 0 Å². The van der Waals surface area contributed by atoms with Crippen LogP contribution in [0.2, 0.25) is 0 Å². The summed E-state index contributed by atoms with van der Waals surface area (Å²) < 4.78 is 16.4. The van der Waals surface area contributed by atoms with E-state index in [2.05, 4.69) is 0 Å². The standard InChI is InChI=1S/C20H29NO6/c1-4-11-27-16-8-7-15(12-17(16)26-5-2)18(22)21-10-6-9-20(13-21,14-25-3)19(23)24/h7-8,12H,4-6,9-11,13-14H2,1-3H3,(H,23,24). The quantitative estimate of drug-likeness (QED) is 0.710. The molecule has 0 radical (unpaired) electrons. The largest absolute Gasteiger partial charge is 0.490 e. The van der Waals surface area contributed by atoms with Crippen molar-refractivity contribution in [1.29, 1.82) is 0 Å². The highest BCUT2D eigenvalue weighted by molar-refractivity contribution is 5.95.